The lowest BCUT2D eigenvalue weighted by Crippen LogP contribution is -2.43. The molecule has 0 aliphatic rings. The maximum Gasteiger partial charge on any atom is 0.252 e. The summed E-state index contributed by atoms with van der Waals surface area (Å²) in [5.74, 6) is -3.01. The SMILES string of the molecule is CCC[C@H](NC(=O)c1ccc(F)c(F)c1)C(=O)Nc1nc2ccccc2[nH]1. The normalized spacial score (nSPS) is 12.0. The number of aromatic amines is 1. The second kappa shape index (κ2) is 7.94. The number of carbonyl (C=O) groups excluding carboxylic acids is 2. The second-order valence-electron chi connectivity index (χ2n) is 6.04. The topological polar surface area (TPSA) is 86.9 Å². The third kappa shape index (κ3) is 4.28. The number of carbonyl (C=O) groups is 2. The average molecular weight is 372 g/mol. The summed E-state index contributed by atoms with van der Waals surface area (Å²) in [6.45, 7) is 1.87. The Balaban J connectivity index is 1.72. The molecule has 140 valence electrons. The highest BCUT2D eigenvalue weighted by atomic mass is 19.2. The van der Waals surface area contributed by atoms with Crippen LogP contribution in [-0.4, -0.2) is 27.8 Å². The summed E-state index contributed by atoms with van der Waals surface area (Å²) >= 11 is 0. The average Bonchev–Trinajstić information content (AvgIpc) is 3.05. The second-order valence-corrected chi connectivity index (χ2v) is 6.04. The lowest BCUT2D eigenvalue weighted by molar-refractivity contribution is -0.118. The van der Waals surface area contributed by atoms with Gasteiger partial charge < -0.3 is 10.3 Å². The molecule has 0 spiro atoms. The molecular weight excluding hydrogens is 354 g/mol. The van der Waals surface area contributed by atoms with Crippen LogP contribution in [0.3, 0.4) is 0 Å². The minimum atomic E-state index is -1.12. The van der Waals surface area contributed by atoms with E-state index in [1.165, 1.54) is 0 Å². The van der Waals surface area contributed by atoms with Crippen molar-refractivity contribution >= 4 is 28.8 Å². The Morgan fingerprint density at radius 2 is 1.93 bits per heavy atom. The zero-order valence-corrected chi connectivity index (χ0v) is 14.6. The first kappa shape index (κ1) is 18.5. The van der Waals surface area contributed by atoms with Gasteiger partial charge in [0.15, 0.2) is 11.6 Å². The molecule has 0 fully saturated rings. The van der Waals surface area contributed by atoms with Crippen LogP contribution in [-0.2, 0) is 4.79 Å². The number of halogens is 2. The van der Waals surface area contributed by atoms with Gasteiger partial charge in [-0.15, -0.1) is 0 Å². The van der Waals surface area contributed by atoms with Crippen molar-refractivity contribution < 1.29 is 18.4 Å². The lowest BCUT2D eigenvalue weighted by Gasteiger charge is -2.17. The number of nitrogens with zero attached hydrogens (tertiary/aromatic N) is 1. The number of anilines is 1. The Kier molecular flexibility index (Phi) is 5.44. The highest BCUT2D eigenvalue weighted by Gasteiger charge is 2.22. The molecule has 27 heavy (non-hydrogen) atoms. The molecule has 0 aliphatic heterocycles. The molecule has 3 aromatic rings. The maximum absolute atomic E-state index is 13.3. The van der Waals surface area contributed by atoms with E-state index in [1.807, 2.05) is 25.1 Å². The molecule has 0 bridgehead atoms. The van der Waals surface area contributed by atoms with Crippen molar-refractivity contribution in [2.24, 2.45) is 0 Å². The van der Waals surface area contributed by atoms with E-state index in [2.05, 4.69) is 20.6 Å². The van der Waals surface area contributed by atoms with E-state index in [0.29, 0.717) is 18.4 Å². The van der Waals surface area contributed by atoms with Crippen LogP contribution in [0.1, 0.15) is 30.1 Å². The van der Waals surface area contributed by atoms with E-state index >= 15 is 0 Å². The number of hydrogen-bond donors (Lipinski definition) is 3. The number of amides is 2. The Morgan fingerprint density at radius 1 is 1.15 bits per heavy atom. The van der Waals surface area contributed by atoms with E-state index in [1.54, 1.807) is 6.07 Å². The first-order chi connectivity index (χ1) is 13.0. The molecule has 0 radical (unpaired) electrons. The van der Waals surface area contributed by atoms with Gasteiger partial charge in [-0.2, -0.15) is 0 Å². The molecular formula is C19H18F2N4O2. The van der Waals surface area contributed by atoms with E-state index in [4.69, 9.17) is 0 Å². The van der Waals surface area contributed by atoms with Crippen LogP contribution in [0, 0.1) is 11.6 Å². The zero-order chi connectivity index (χ0) is 19.4. The summed E-state index contributed by atoms with van der Waals surface area (Å²) in [6.07, 6.45) is 1.01. The fourth-order valence-corrected chi connectivity index (χ4v) is 2.65. The van der Waals surface area contributed by atoms with Gasteiger partial charge in [0.2, 0.25) is 11.9 Å². The van der Waals surface area contributed by atoms with E-state index in [-0.39, 0.29) is 11.5 Å². The van der Waals surface area contributed by atoms with Crippen LogP contribution in [0.5, 0.6) is 0 Å². The van der Waals surface area contributed by atoms with Crippen LogP contribution < -0.4 is 10.6 Å². The van der Waals surface area contributed by atoms with Crippen molar-refractivity contribution in [1.82, 2.24) is 15.3 Å². The Hall–Kier alpha value is -3.29. The largest absolute Gasteiger partial charge is 0.340 e. The van der Waals surface area contributed by atoms with Gasteiger partial charge in [0.05, 0.1) is 11.0 Å². The fraction of sp³-hybridized carbons (Fsp3) is 0.211. The number of fused-ring (bicyclic) bond motifs is 1. The summed E-state index contributed by atoms with van der Waals surface area (Å²) < 4.78 is 26.3. The number of H-pyrrole nitrogens is 1. The quantitative estimate of drug-likeness (QED) is 0.620. The van der Waals surface area contributed by atoms with Gasteiger partial charge in [-0.3, -0.25) is 14.9 Å². The van der Waals surface area contributed by atoms with Crippen LogP contribution in [0.25, 0.3) is 11.0 Å². The van der Waals surface area contributed by atoms with Gasteiger partial charge in [-0.1, -0.05) is 25.5 Å². The van der Waals surface area contributed by atoms with Crippen molar-refractivity contribution in [3.8, 4) is 0 Å². The molecule has 0 aliphatic carbocycles. The summed E-state index contributed by atoms with van der Waals surface area (Å²) in [5, 5.41) is 5.19. The van der Waals surface area contributed by atoms with Crippen molar-refractivity contribution in [1.29, 1.82) is 0 Å². The number of para-hydroxylation sites is 2. The molecule has 1 atom stereocenters. The van der Waals surface area contributed by atoms with Gasteiger partial charge in [-0.05, 0) is 36.8 Å². The number of hydrogen-bond acceptors (Lipinski definition) is 3. The molecule has 3 rings (SSSR count). The first-order valence-corrected chi connectivity index (χ1v) is 8.49. The number of imidazole rings is 1. The van der Waals surface area contributed by atoms with E-state index in [0.717, 1.165) is 23.7 Å². The van der Waals surface area contributed by atoms with Crippen LogP contribution >= 0.6 is 0 Å². The predicted octanol–water partition coefficient (Wildman–Crippen LogP) is 3.38. The molecule has 0 unspecified atom stereocenters. The monoisotopic (exact) mass is 372 g/mol. The molecule has 0 saturated carbocycles. The molecule has 1 aromatic heterocycles. The molecule has 3 N–H and O–H groups in total. The van der Waals surface area contributed by atoms with Gasteiger partial charge in [0.1, 0.15) is 6.04 Å². The molecule has 0 saturated heterocycles. The van der Waals surface area contributed by atoms with Crippen LogP contribution in [0.2, 0.25) is 0 Å². The number of aromatic nitrogens is 2. The van der Waals surface area contributed by atoms with Crippen LogP contribution in [0.4, 0.5) is 14.7 Å². The van der Waals surface area contributed by atoms with E-state index < -0.39 is 29.5 Å². The predicted molar refractivity (Wildman–Crippen MR) is 97.2 cm³/mol. The third-order valence-electron chi connectivity index (χ3n) is 4.01. The van der Waals surface area contributed by atoms with Crippen molar-refractivity contribution in [3.05, 3.63) is 59.7 Å². The first-order valence-electron chi connectivity index (χ1n) is 8.49. The van der Waals surface area contributed by atoms with Gasteiger partial charge in [0.25, 0.3) is 5.91 Å². The Morgan fingerprint density at radius 3 is 2.63 bits per heavy atom. The zero-order valence-electron chi connectivity index (χ0n) is 14.6. The minimum absolute atomic E-state index is 0.0634. The Bertz CT molecular complexity index is 954. The summed E-state index contributed by atoms with van der Waals surface area (Å²) in [5.41, 5.74) is 1.41. The summed E-state index contributed by atoms with van der Waals surface area (Å²) in [6, 6.07) is 9.28. The van der Waals surface area contributed by atoms with Gasteiger partial charge in [0, 0.05) is 5.56 Å². The van der Waals surface area contributed by atoms with Crippen LogP contribution in [0.15, 0.2) is 42.5 Å². The summed E-state index contributed by atoms with van der Waals surface area (Å²) in [4.78, 5) is 32.1. The Labute approximate surface area is 154 Å². The maximum atomic E-state index is 13.3. The van der Waals surface area contributed by atoms with E-state index in [9.17, 15) is 18.4 Å². The number of nitrogens with one attached hydrogen (secondary N) is 3. The minimum Gasteiger partial charge on any atom is -0.340 e. The highest BCUT2D eigenvalue weighted by Crippen LogP contribution is 2.14. The van der Waals surface area contributed by atoms with Crippen molar-refractivity contribution in [3.63, 3.8) is 0 Å². The third-order valence-corrected chi connectivity index (χ3v) is 4.01. The standard InChI is InChI=1S/C19H18F2N4O2/c1-2-5-16(22-17(26)11-8-9-12(20)13(21)10-11)18(27)25-19-23-14-6-3-4-7-15(14)24-19/h3-4,6-10,16H,2,5H2,1H3,(H,22,26)(H2,23,24,25,27)/t16-/m0/s1. The number of rotatable bonds is 6. The molecule has 6 nitrogen and oxygen atoms in total. The molecule has 8 heteroatoms. The van der Waals surface area contributed by atoms with Gasteiger partial charge >= 0.3 is 0 Å². The number of benzene rings is 2. The lowest BCUT2D eigenvalue weighted by atomic mass is 10.1. The van der Waals surface area contributed by atoms with Gasteiger partial charge in [-0.25, -0.2) is 13.8 Å². The smallest absolute Gasteiger partial charge is 0.252 e. The molecule has 2 aromatic carbocycles. The fourth-order valence-electron chi connectivity index (χ4n) is 2.65. The molecule has 1 heterocycles. The van der Waals surface area contributed by atoms with Crippen molar-refractivity contribution in [2.75, 3.05) is 5.32 Å². The van der Waals surface area contributed by atoms with Crippen molar-refractivity contribution in [2.45, 2.75) is 25.8 Å². The molecule has 2 amide bonds. The summed E-state index contributed by atoms with van der Waals surface area (Å²) in [7, 11) is 0. The highest BCUT2D eigenvalue weighted by molar-refractivity contribution is 6.01.